The zero-order valence-corrected chi connectivity index (χ0v) is 18.5. The third-order valence-electron chi connectivity index (χ3n) is 6.04. The number of oxazole rings is 1. The summed E-state index contributed by atoms with van der Waals surface area (Å²) in [4.78, 5) is 35.4. The minimum Gasteiger partial charge on any atom is -0.441 e. The van der Waals surface area contributed by atoms with Crippen LogP contribution in [0.3, 0.4) is 0 Å². The van der Waals surface area contributed by atoms with Crippen molar-refractivity contribution in [2.75, 3.05) is 45.8 Å². The fraction of sp³-hybridized carbons (Fsp3) is 0.522. The predicted molar refractivity (Wildman–Crippen MR) is 119 cm³/mol. The van der Waals surface area contributed by atoms with Gasteiger partial charge < -0.3 is 14.2 Å². The lowest BCUT2D eigenvalue weighted by molar-refractivity contribution is -0.135. The van der Waals surface area contributed by atoms with Gasteiger partial charge in [-0.1, -0.05) is 23.7 Å². The Balaban J connectivity index is 1.21. The molecule has 8 heteroatoms. The summed E-state index contributed by atoms with van der Waals surface area (Å²) < 4.78 is 5.79. The second-order valence-electron chi connectivity index (χ2n) is 8.20. The van der Waals surface area contributed by atoms with E-state index in [2.05, 4.69) is 9.88 Å². The van der Waals surface area contributed by atoms with Gasteiger partial charge >= 0.3 is 0 Å². The lowest BCUT2D eigenvalue weighted by atomic mass is 10.1. The number of rotatable bonds is 6. The first kappa shape index (κ1) is 21.8. The van der Waals surface area contributed by atoms with Crippen LogP contribution in [0.4, 0.5) is 0 Å². The number of likely N-dealkylation sites (tertiary alicyclic amines) is 1. The van der Waals surface area contributed by atoms with E-state index in [1.807, 2.05) is 34.1 Å². The van der Waals surface area contributed by atoms with Crippen LogP contribution in [0, 0.1) is 0 Å². The summed E-state index contributed by atoms with van der Waals surface area (Å²) in [5.74, 6) is 1.46. The Hall–Kier alpha value is -2.38. The summed E-state index contributed by atoms with van der Waals surface area (Å²) in [7, 11) is 0. The number of piperazine rings is 1. The highest BCUT2D eigenvalue weighted by Crippen LogP contribution is 2.28. The maximum Gasteiger partial charge on any atom is 0.236 e. The normalized spacial score (nSPS) is 17.7. The van der Waals surface area contributed by atoms with E-state index in [1.54, 1.807) is 6.20 Å². The summed E-state index contributed by atoms with van der Waals surface area (Å²) in [6.45, 7) is 5.02. The number of aryl methyl sites for hydroxylation is 1. The monoisotopic (exact) mass is 444 g/mol. The average molecular weight is 445 g/mol. The maximum absolute atomic E-state index is 12.6. The Kier molecular flexibility index (Phi) is 7.25. The smallest absolute Gasteiger partial charge is 0.236 e. The van der Waals surface area contributed by atoms with E-state index in [0.29, 0.717) is 49.1 Å². The molecule has 2 aliphatic heterocycles. The van der Waals surface area contributed by atoms with Gasteiger partial charge in [0.25, 0.3) is 0 Å². The largest absolute Gasteiger partial charge is 0.441 e. The third kappa shape index (κ3) is 5.66. The van der Waals surface area contributed by atoms with Crippen LogP contribution in [-0.2, 0) is 16.0 Å². The molecule has 31 heavy (non-hydrogen) atoms. The van der Waals surface area contributed by atoms with Gasteiger partial charge in [-0.15, -0.1) is 0 Å². The summed E-state index contributed by atoms with van der Waals surface area (Å²) in [6, 6.07) is 7.45. The highest BCUT2D eigenvalue weighted by atomic mass is 35.5. The molecule has 0 unspecified atom stereocenters. The van der Waals surface area contributed by atoms with Gasteiger partial charge in [-0.2, -0.15) is 0 Å². The van der Waals surface area contributed by atoms with Crippen molar-refractivity contribution in [3.8, 4) is 11.3 Å². The Morgan fingerprint density at radius 1 is 0.935 bits per heavy atom. The molecule has 2 aromatic rings. The number of benzene rings is 1. The number of carbonyl (C=O) groups excluding carboxylic acids is 2. The van der Waals surface area contributed by atoms with Crippen LogP contribution in [0.2, 0.25) is 5.02 Å². The van der Waals surface area contributed by atoms with Crippen LogP contribution in [-0.4, -0.2) is 77.3 Å². The summed E-state index contributed by atoms with van der Waals surface area (Å²) in [6.07, 6.45) is 5.90. The van der Waals surface area contributed by atoms with Crippen LogP contribution in [0.5, 0.6) is 0 Å². The van der Waals surface area contributed by atoms with E-state index in [0.717, 1.165) is 44.6 Å². The molecule has 2 fully saturated rings. The van der Waals surface area contributed by atoms with Gasteiger partial charge in [0.15, 0.2) is 11.7 Å². The predicted octanol–water partition coefficient (Wildman–Crippen LogP) is 3.08. The maximum atomic E-state index is 12.6. The molecule has 0 saturated carbocycles. The molecule has 3 heterocycles. The average Bonchev–Trinajstić information content (AvgIpc) is 3.27. The second kappa shape index (κ2) is 10.3. The summed E-state index contributed by atoms with van der Waals surface area (Å²) in [5, 5.41) is 0.609. The number of nitrogens with zero attached hydrogens (tertiary/aromatic N) is 4. The van der Waals surface area contributed by atoms with Gasteiger partial charge in [0.1, 0.15) is 0 Å². The van der Waals surface area contributed by atoms with E-state index >= 15 is 0 Å². The molecule has 0 N–H and O–H groups in total. The fourth-order valence-corrected chi connectivity index (χ4v) is 4.40. The summed E-state index contributed by atoms with van der Waals surface area (Å²) in [5.41, 5.74) is 0.796. The molecule has 2 saturated heterocycles. The molecule has 2 aliphatic rings. The van der Waals surface area contributed by atoms with Gasteiger partial charge in [-0.05, 0) is 31.4 Å². The number of carbonyl (C=O) groups is 2. The van der Waals surface area contributed by atoms with Crippen LogP contribution in [0.25, 0.3) is 11.3 Å². The van der Waals surface area contributed by atoms with Gasteiger partial charge in [-0.3, -0.25) is 14.5 Å². The van der Waals surface area contributed by atoms with E-state index in [9.17, 15) is 9.59 Å². The second-order valence-corrected chi connectivity index (χ2v) is 8.60. The number of halogens is 1. The first-order valence-electron chi connectivity index (χ1n) is 11.1. The van der Waals surface area contributed by atoms with E-state index in [1.165, 1.54) is 6.42 Å². The van der Waals surface area contributed by atoms with E-state index in [4.69, 9.17) is 16.0 Å². The van der Waals surface area contributed by atoms with Gasteiger partial charge in [0.05, 0.1) is 17.8 Å². The number of piperidine rings is 1. The number of hydrogen-bond acceptors (Lipinski definition) is 5. The van der Waals surface area contributed by atoms with Crippen LogP contribution >= 0.6 is 11.6 Å². The van der Waals surface area contributed by atoms with Crippen molar-refractivity contribution in [3.63, 3.8) is 0 Å². The lowest BCUT2D eigenvalue weighted by Crippen LogP contribution is -2.52. The molecule has 1 aromatic carbocycles. The van der Waals surface area contributed by atoms with Crippen molar-refractivity contribution in [2.24, 2.45) is 0 Å². The van der Waals surface area contributed by atoms with Crippen LogP contribution in [0.1, 0.15) is 31.6 Å². The van der Waals surface area contributed by atoms with E-state index in [-0.39, 0.29) is 11.8 Å². The van der Waals surface area contributed by atoms with Gasteiger partial charge in [-0.25, -0.2) is 4.98 Å². The molecule has 0 bridgehead atoms. The van der Waals surface area contributed by atoms with Crippen molar-refractivity contribution in [1.82, 2.24) is 19.7 Å². The minimum absolute atomic E-state index is 0.0968. The molecule has 0 aliphatic carbocycles. The molecule has 166 valence electrons. The van der Waals surface area contributed by atoms with Crippen molar-refractivity contribution in [2.45, 2.75) is 32.1 Å². The number of aromatic nitrogens is 1. The van der Waals surface area contributed by atoms with Crippen molar-refractivity contribution in [3.05, 3.63) is 41.4 Å². The molecular formula is C23H29ClN4O3. The van der Waals surface area contributed by atoms with E-state index < -0.39 is 0 Å². The number of amides is 2. The third-order valence-corrected chi connectivity index (χ3v) is 6.37. The lowest BCUT2D eigenvalue weighted by Gasteiger charge is -2.36. The Morgan fingerprint density at radius 2 is 1.65 bits per heavy atom. The molecule has 0 radical (unpaired) electrons. The standard InChI is InChI=1S/C23H29ClN4O3/c24-19-7-3-2-6-18(19)20-16-25-21(31-20)8-9-22(29)28-14-12-26(13-15-28)17-23(30)27-10-4-1-5-11-27/h2-3,6-7,16H,1,4-5,8-15,17H2. The van der Waals surface area contributed by atoms with Crippen molar-refractivity contribution >= 4 is 23.4 Å². The fourth-order valence-electron chi connectivity index (χ4n) is 4.17. The molecule has 4 rings (SSSR count). The topological polar surface area (TPSA) is 69.9 Å². The minimum atomic E-state index is 0.0968. The van der Waals surface area contributed by atoms with Gasteiger partial charge in [0, 0.05) is 57.7 Å². The van der Waals surface area contributed by atoms with Crippen molar-refractivity contribution < 1.29 is 14.0 Å². The zero-order valence-electron chi connectivity index (χ0n) is 17.8. The number of hydrogen-bond donors (Lipinski definition) is 0. The van der Waals surface area contributed by atoms with Crippen LogP contribution < -0.4 is 0 Å². The first-order chi connectivity index (χ1) is 15.1. The molecular weight excluding hydrogens is 416 g/mol. The highest BCUT2D eigenvalue weighted by Gasteiger charge is 2.25. The molecule has 0 atom stereocenters. The quantitative estimate of drug-likeness (QED) is 0.684. The Labute approximate surface area is 188 Å². The molecule has 0 spiro atoms. The molecule has 2 amide bonds. The molecule has 7 nitrogen and oxygen atoms in total. The first-order valence-corrected chi connectivity index (χ1v) is 11.5. The molecule has 1 aromatic heterocycles. The van der Waals surface area contributed by atoms with Crippen LogP contribution in [0.15, 0.2) is 34.9 Å². The Morgan fingerprint density at radius 3 is 2.39 bits per heavy atom. The Bertz CT molecular complexity index is 902. The summed E-state index contributed by atoms with van der Waals surface area (Å²) >= 11 is 6.21. The van der Waals surface area contributed by atoms with Crippen molar-refractivity contribution in [1.29, 1.82) is 0 Å². The SMILES string of the molecule is O=C(CCc1ncc(-c2ccccc2Cl)o1)N1CCN(CC(=O)N2CCCCC2)CC1. The zero-order chi connectivity index (χ0) is 21.6. The highest BCUT2D eigenvalue weighted by molar-refractivity contribution is 6.33. The van der Waals surface area contributed by atoms with Gasteiger partial charge in [0.2, 0.25) is 11.8 Å².